The molecule has 0 aromatic heterocycles. The lowest BCUT2D eigenvalue weighted by Gasteiger charge is -2.22. The first-order valence-corrected chi connectivity index (χ1v) is 7.73. The lowest BCUT2D eigenvalue weighted by molar-refractivity contribution is 0.206. The first kappa shape index (κ1) is 19.2. The molecule has 128 valence electrons. The summed E-state index contributed by atoms with van der Waals surface area (Å²) in [6.07, 6.45) is -1.42. The van der Waals surface area contributed by atoms with Crippen LogP contribution in [-0.2, 0) is 12.8 Å². The molecule has 0 spiro atoms. The normalized spacial score (nSPS) is 10.3. The number of benzene rings is 1. The van der Waals surface area contributed by atoms with Crippen LogP contribution < -0.4 is 25.7 Å². The summed E-state index contributed by atoms with van der Waals surface area (Å²) in [6.45, 7) is 1.72. The van der Waals surface area contributed by atoms with E-state index in [0.29, 0.717) is 28.9 Å². The van der Waals surface area contributed by atoms with E-state index < -0.39 is 12.2 Å². The van der Waals surface area contributed by atoms with E-state index in [1.165, 1.54) is 7.11 Å². The minimum absolute atomic E-state index is 0.0488. The van der Waals surface area contributed by atoms with Gasteiger partial charge in [-0.05, 0) is 19.8 Å². The summed E-state index contributed by atoms with van der Waals surface area (Å²) in [5.74, 6) is 0.952. The Labute approximate surface area is 143 Å². The molecule has 1 aromatic rings. The molecule has 0 atom stereocenters. The molecule has 7 nitrogen and oxygen atoms in total. The van der Waals surface area contributed by atoms with E-state index in [2.05, 4.69) is 0 Å². The standard InChI is InChI=1S/C14H18Cl2N2O5/c1-7-8(3-5-15)11(22-13(17)19)9(4-6-16)12(10(7)21-2)23-14(18)20/h3-6H2,1-2H3,(H2,17,19)(H2,18,20). The molecular formula is C14H18Cl2N2O5. The first-order chi connectivity index (χ1) is 10.9. The predicted octanol–water partition coefficient (Wildman–Crippen LogP) is 2.48. The van der Waals surface area contributed by atoms with Crippen molar-refractivity contribution >= 4 is 35.4 Å². The number of nitrogens with two attached hydrogens (primary N) is 2. The fraction of sp³-hybridized carbons (Fsp3) is 0.429. The Kier molecular flexibility index (Phi) is 7.25. The number of hydrogen-bond acceptors (Lipinski definition) is 5. The quantitative estimate of drug-likeness (QED) is 0.721. The average molecular weight is 365 g/mol. The number of amides is 2. The van der Waals surface area contributed by atoms with Gasteiger partial charge in [0.25, 0.3) is 0 Å². The van der Waals surface area contributed by atoms with Crippen molar-refractivity contribution in [1.29, 1.82) is 0 Å². The van der Waals surface area contributed by atoms with Crippen LogP contribution >= 0.6 is 23.2 Å². The largest absolute Gasteiger partial charge is 0.493 e. The van der Waals surface area contributed by atoms with Gasteiger partial charge in [-0.15, -0.1) is 23.2 Å². The molecular weight excluding hydrogens is 347 g/mol. The molecule has 0 aliphatic heterocycles. The number of primary amides is 2. The number of rotatable bonds is 7. The van der Waals surface area contributed by atoms with Gasteiger partial charge in [-0.3, -0.25) is 0 Å². The Morgan fingerprint density at radius 3 is 1.83 bits per heavy atom. The lowest BCUT2D eigenvalue weighted by Crippen LogP contribution is -2.22. The van der Waals surface area contributed by atoms with Gasteiger partial charge < -0.3 is 25.7 Å². The highest BCUT2D eigenvalue weighted by atomic mass is 35.5. The molecule has 2 amide bonds. The Morgan fingerprint density at radius 2 is 1.39 bits per heavy atom. The van der Waals surface area contributed by atoms with Crippen LogP contribution in [0, 0.1) is 6.92 Å². The third kappa shape index (κ3) is 4.56. The molecule has 4 N–H and O–H groups in total. The van der Waals surface area contributed by atoms with Crippen LogP contribution in [-0.4, -0.2) is 31.1 Å². The highest BCUT2D eigenvalue weighted by Crippen LogP contribution is 2.45. The monoisotopic (exact) mass is 364 g/mol. The van der Waals surface area contributed by atoms with Gasteiger partial charge in [-0.2, -0.15) is 0 Å². The number of carbonyl (C=O) groups is 2. The summed E-state index contributed by atoms with van der Waals surface area (Å²) in [5.41, 5.74) is 11.8. The van der Waals surface area contributed by atoms with Crippen LogP contribution in [0.25, 0.3) is 0 Å². The summed E-state index contributed by atoms with van der Waals surface area (Å²) >= 11 is 11.6. The highest BCUT2D eigenvalue weighted by molar-refractivity contribution is 6.18. The van der Waals surface area contributed by atoms with Gasteiger partial charge in [0, 0.05) is 28.5 Å². The van der Waals surface area contributed by atoms with Gasteiger partial charge >= 0.3 is 12.2 Å². The highest BCUT2D eigenvalue weighted by Gasteiger charge is 2.26. The van der Waals surface area contributed by atoms with Gasteiger partial charge in [0.05, 0.1) is 7.11 Å². The predicted molar refractivity (Wildman–Crippen MR) is 87.0 cm³/mol. The molecule has 1 aromatic carbocycles. The van der Waals surface area contributed by atoms with Crippen molar-refractivity contribution in [1.82, 2.24) is 0 Å². The van der Waals surface area contributed by atoms with E-state index in [0.717, 1.165) is 0 Å². The smallest absolute Gasteiger partial charge is 0.410 e. The maximum atomic E-state index is 11.3. The van der Waals surface area contributed by atoms with Gasteiger partial charge in [-0.1, -0.05) is 0 Å². The molecule has 0 radical (unpaired) electrons. The molecule has 0 bridgehead atoms. The van der Waals surface area contributed by atoms with Crippen LogP contribution in [0.2, 0.25) is 0 Å². The van der Waals surface area contributed by atoms with E-state index in [4.69, 9.17) is 48.9 Å². The van der Waals surface area contributed by atoms with Crippen molar-refractivity contribution < 1.29 is 23.8 Å². The van der Waals surface area contributed by atoms with Crippen molar-refractivity contribution in [2.45, 2.75) is 19.8 Å². The van der Waals surface area contributed by atoms with E-state index in [1.54, 1.807) is 6.92 Å². The van der Waals surface area contributed by atoms with E-state index in [1.807, 2.05) is 0 Å². The van der Waals surface area contributed by atoms with Crippen LogP contribution in [0.5, 0.6) is 17.2 Å². The summed E-state index contributed by atoms with van der Waals surface area (Å²) in [6, 6.07) is 0. The van der Waals surface area contributed by atoms with Crippen molar-refractivity contribution in [3.8, 4) is 17.2 Å². The van der Waals surface area contributed by atoms with Crippen LogP contribution in [0.15, 0.2) is 0 Å². The van der Waals surface area contributed by atoms with Crippen LogP contribution in [0.1, 0.15) is 16.7 Å². The second-order valence-electron chi connectivity index (χ2n) is 4.49. The Morgan fingerprint density at radius 1 is 0.913 bits per heavy atom. The Bertz CT molecular complexity index is 608. The van der Waals surface area contributed by atoms with Crippen molar-refractivity contribution in [3.63, 3.8) is 0 Å². The summed E-state index contributed by atoms with van der Waals surface area (Å²) in [7, 11) is 1.42. The molecule has 0 heterocycles. The average Bonchev–Trinajstić information content (AvgIpc) is 2.46. The minimum atomic E-state index is -1.03. The van der Waals surface area contributed by atoms with Crippen LogP contribution in [0.4, 0.5) is 9.59 Å². The van der Waals surface area contributed by atoms with Gasteiger partial charge in [-0.25, -0.2) is 9.59 Å². The number of hydrogen-bond donors (Lipinski definition) is 2. The van der Waals surface area contributed by atoms with Gasteiger partial charge in [0.2, 0.25) is 0 Å². The van der Waals surface area contributed by atoms with E-state index in [9.17, 15) is 9.59 Å². The second kappa shape index (κ2) is 8.69. The molecule has 0 aliphatic carbocycles. The fourth-order valence-electron chi connectivity index (χ4n) is 2.30. The lowest BCUT2D eigenvalue weighted by atomic mass is 9.97. The molecule has 0 saturated heterocycles. The molecule has 0 aliphatic rings. The number of halogens is 2. The molecule has 0 saturated carbocycles. The van der Waals surface area contributed by atoms with Crippen LogP contribution in [0.3, 0.4) is 0 Å². The maximum Gasteiger partial charge on any atom is 0.410 e. The zero-order valence-corrected chi connectivity index (χ0v) is 14.3. The van der Waals surface area contributed by atoms with E-state index >= 15 is 0 Å². The molecule has 23 heavy (non-hydrogen) atoms. The number of carbonyl (C=O) groups excluding carboxylic acids is 2. The fourth-order valence-corrected chi connectivity index (χ4v) is 2.67. The summed E-state index contributed by atoms with van der Waals surface area (Å²) in [4.78, 5) is 22.5. The molecule has 9 heteroatoms. The summed E-state index contributed by atoms with van der Waals surface area (Å²) < 4.78 is 15.5. The Hall–Kier alpha value is -1.86. The zero-order chi connectivity index (χ0) is 17.6. The van der Waals surface area contributed by atoms with E-state index in [-0.39, 0.29) is 29.7 Å². The third-order valence-electron chi connectivity index (χ3n) is 3.12. The molecule has 0 fully saturated rings. The third-order valence-corrected chi connectivity index (χ3v) is 3.50. The molecule has 1 rings (SSSR count). The second-order valence-corrected chi connectivity index (χ2v) is 5.25. The van der Waals surface area contributed by atoms with Crippen molar-refractivity contribution in [2.75, 3.05) is 18.9 Å². The number of alkyl halides is 2. The summed E-state index contributed by atoms with van der Waals surface area (Å²) in [5, 5.41) is 0. The topological polar surface area (TPSA) is 114 Å². The zero-order valence-electron chi connectivity index (χ0n) is 12.8. The van der Waals surface area contributed by atoms with Crippen molar-refractivity contribution in [3.05, 3.63) is 16.7 Å². The minimum Gasteiger partial charge on any atom is -0.493 e. The number of methoxy groups -OCH3 is 1. The van der Waals surface area contributed by atoms with Gasteiger partial charge in [0.15, 0.2) is 11.5 Å². The van der Waals surface area contributed by atoms with Gasteiger partial charge in [0.1, 0.15) is 5.75 Å². The SMILES string of the molecule is COc1c(C)c(CCCl)c(OC(N)=O)c(CCCl)c1OC(N)=O. The number of ether oxygens (including phenoxy) is 3. The maximum absolute atomic E-state index is 11.3. The molecule has 0 unspecified atom stereocenters. The van der Waals surface area contributed by atoms with Crippen molar-refractivity contribution in [2.24, 2.45) is 11.5 Å². The first-order valence-electron chi connectivity index (χ1n) is 6.66. The Balaban J connectivity index is 3.75.